The van der Waals surface area contributed by atoms with Gasteiger partial charge in [-0.05, 0) is 17.4 Å². The van der Waals surface area contributed by atoms with Gasteiger partial charge in [0.05, 0.1) is 0 Å². The van der Waals surface area contributed by atoms with E-state index in [0.717, 1.165) is 18.6 Å². The van der Waals surface area contributed by atoms with Gasteiger partial charge in [-0.3, -0.25) is 0 Å². The van der Waals surface area contributed by atoms with Gasteiger partial charge in [-0.2, -0.15) is 47.5 Å². The Morgan fingerprint density at radius 2 is 1.08 bits per heavy atom. The molecule has 5 aromatic rings. The molecule has 0 heterocycles. The molecule has 0 spiro atoms. The largest absolute Gasteiger partial charge is 1.00 e. The molecule has 0 N–H and O–H groups in total. The number of rotatable bonds is 2. The molecule has 9 heteroatoms. The van der Waals surface area contributed by atoms with E-state index in [4.69, 9.17) is 0 Å². The van der Waals surface area contributed by atoms with E-state index >= 15 is 0 Å². The standard InChI is InChI=1S/C21H25.C15H8F6.C5H5.2ClH.Zr/c1-20(2,3)16-9-7-14-11-15-8-10-17(21(4,5)6)13-19(15)18(14)12-16;16-14(17,18)12-7-3-1-5-10(12)9-11-6-2-4-8-13(11)15(19,20)21;1-2-4-5-3-1;;;/h7,9-10,12-13H,11H2,1-6H3;1-8H;1-5H;2*1H;/q-1;;-1;;;+2/p-2. The third-order valence-electron chi connectivity index (χ3n) is 8.09. The van der Waals surface area contributed by atoms with Crippen molar-refractivity contribution in [3.05, 3.63) is 160 Å². The molecule has 0 saturated carbocycles. The summed E-state index contributed by atoms with van der Waals surface area (Å²) in [6.45, 7) is 13.6. The van der Waals surface area contributed by atoms with Crippen LogP contribution >= 0.6 is 0 Å². The fraction of sp³-hybridized carbons (Fsp3) is 0.268. The number of halogens is 8. The van der Waals surface area contributed by atoms with Gasteiger partial charge in [0, 0.05) is 0 Å². The molecular weight excluding hydrogens is 769 g/mol. The Kier molecular flexibility index (Phi) is 14.8. The summed E-state index contributed by atoms with van der Waals surface area (Å²) in [5, 5.41) is 0. The minimum Gasteiger partial charge on any atom is -1.00 e. The summed E-state index contributed by atoms with van der Waals surface area (Å²) in [5.74, 6) is 0. The number of hydrogen-bond acceptors (Lipinski definition) is 0. The fourth-order valence-electron chi connectivity index (χ4n) is 5.35. The van der Waals surface area contributed by atoms with Crippen molar-refractivity contribution in [2.45, 2.75) is 71.1 Å². The fourth-order valence-corrected chi connectivity index (χ4v) is 6.42. The number of hydrogen-bond donors (Lipinski definition) is 0. The number of fused-ring (bicyclic) bond motifs is 3. The Morgan fingerprint density at radius 1 is 0.620 bits per heavy atom. The van der Waals surface area contributed by atoms with Crippen LogP contribution in [0.15, 0.2) is 109 Å². The molecule has 5 aromatic carbocycles. The van der Waals surface area contributed by atoms with Crippen molar-refractivity contribution in [1.82, 2.24) is 0 Å². The van der Waals surface area contributed by atoms with Crippen LogP contribution in [0.2, 0.25) is 0 Å². The van der Waals surface area contributed by atoms with Gasteiger partial charge in [0.15, 0.2) is 0 Å². The third kappa shape index (κ3) is 10.8. The summed E-state index contributed by atoms with van der Waals surface area (Å²) >= 11 is 0.473. The second-order valence-electron chi connectivity index (χ2n) is 13.8. The Bertz CT molecular complexity index is 1720. The molecule has 50 heavy (non-hydrogen) atoms. The minimum absolute atomic E-state index is 0. The van der Waals surface area contributed by atoms with Gasteiger partial charge in [-0.25, -0.2) is 12.1 Å². The van der Waals surface area contributed by atoms with E-state index in [1.807, 2.05) is 30.3 Å². The van der Waals surface area contributed by atoms with Crippen molar-refractivity contribution >= 4 is 3.21 Å². The van der Waals surface area contributed by atoms with E-state index < -0.39 is 23.5 Å². The maximum Gasteiger partial charge on any atom is -0.172 e. The normalized spacial score (nSPS) is 12.1. The van der Waals surface area contributed by atoms with Crippen LogP contribution in [0.4, 0.5) is 26.3 Å². The molecule has 0 unspecified atom stereocenters. The third-order valence-corrected chi connectivity index (χ3v) is 9.41. The quantitative estimate of drug-likeness (QED) is 0.151. The first-order valence-corrected chi connectivity index (χ1v) is 16.8. The monoisotopic (exact) mass is 804 g/mol. The van der Waals surface area contributed by atoms with Gasteiger partial charge < -0.3 is 24.8 Å². The van der Waals surface area contributed by atoms with Crippen LogP contribution in [0.25, 0.3) is 11.1 Å². The zero-order valence-electron chi connectivity index (χ0n) is 28.6. The Balaban J connectivity index is 0.000000293. The molecule has 0 fully saturated rings. The average Bonchev–Trinajstić information content (AvgIpc) is 3.71. The Morgan fingerprint density at radius 3 is 1.50 bits per heavy atom. The molecule has 1 aliphatic carbocycles. The van der Waals surface area contributed by atoms with Crippen molar-refractivity contribution in [1.29, 1.82) is 0 Å². The van der Waals surface area contributed by atoms with E-state index in [2.05, 4.69) is 77.9 Å². The first kappa shape index (κ1) is 43.3. The van der Waals surface area contributed by atoms with E-state index in [0.29, 0.717) is 24.2 Å². The van der Waals surface area contributed by atoms with Crippen LogP contribution in [0.5, 0.6) is 0 Å². The van der Waals surface area contributed by atoms with Crippen LogP contribution < -0.4 is 24.8 Å². The van der Waals surface area contributed by atoms with E-state index in [1.165, 1.54) is 69.8 Å². The van der Waals surface area contributed by atoms with E-state index in [9.17, 15) is 26.3 Å². The molecular formula is C41H38Cl2F6Zr-2. The van der Waals surface area contributed by atoms with E-state index in [-0.39, 0.29) is 50.0 Å². The molecule has 0 nitrogen and oxygen atoms in total. The first-order chi connectivity index (χ1) is 22.3. The van der Waals surface area contributed by atoms with Gasteiger partial charge in [-0.1, -0.05) is 76.3 Å². The SMILES string of the molecule is CC(C)(C)c1c[c-]c2c(c1)-c1cc(C(C)(C)C)ccc1C2.FC(F)(F)c1ccccc1[C](=[Zr+2])c1ccccc1C(F)(F)F.[Cl-].[Cl-].c1cc[cH-]c1. The molecule has 0 amide bonds. The van der Waals surface area contributed by atoms with Gasteiger partial charge in [0.1, 0.15) is 0 Å². The molecule has 0 bridgehead atoms. The second kappa shape index (κ2) is 17.1. The van der Waals surface area contributed by atoms with Crippen LogP contribution in [0.1, 0.15) is 86.1 Å². The van der Waals surface area contributed by atoms with E-state index in [1.54, 1.807) is 0 Å². The smallest absolute Gasteiger partial charge is 0.172 e. The van der Waals surface area contributed by atoms with Crippen molar-refractivity contribution in [2.24, 2.45) is 0 Å². The maximum atomic E-state index is 13.0. The summed E-state index contributed by atoms with van der Waals surface area (Å²) in [6, 6.07) is 34.4. The molecule has 0 aliphatic heterocycles. The molecule has 0 radical (unpaired) electrons. The summed E-state index contributed by atoms with van der Waals surface area (Å²) in [7, 11) is 0. The van der Waals surface area contributed by atoms with Gasteiger partial charge in [0.25, 0.3) is 0 Å². The summed E-state index contributed by atoms with van der Waals surface area (Å²) < 4.78 is 78.2. The molecule has 6 rings (SSSR count). The van der Waals surface area contributed by atoms with Crippen LogP contribution in [-0.2, 0) is 53.8 Å². The summed E-state index contributed by atoms with van der Waals surface area (Å²) in [6.07, 6.45) is -8.21. The van der Waals surface area contributed by atoms with Crippen molar-refractivity contribution in [2.75, 3.05) is 0 Å². The van der Waals surface area contributed by atoms with Crippen LogP contribution in [0.3, 0.4) is 0 Å². The predicted molar refractivity (Wildman–Crippen MR) is 179 cm³/mol. The van der Waals surface area contributed by atoms with Crippen LogP contribution in [-0.4, -0.2) is 3.21 Å². The summed E-state index contributed by atoms with van der Waals surface area (Å²) in [4.78, 5) is 0. The Labute approximate surface area is 318 Å². The molecule has 0 saturated heterocycles. The minimum atomic E-state index is -4.62. The predicted octanol–water partition coefficient (Wildman–Crippen LogP) is 5.91. The van der Waals surface area contributed by atoms with Crippen LogP contribution in [0, 0.1) is 6.07 Å². The van der Waals surface area contributed by atoms with Gasteiger partial charge >= 0.3 is 137 Å². The number of benzene rings is 4. The molecule has 0 aromatic heterocycles. The van der Waals surface area contributed by atoms with Gasteiger partial charge in [0.2, 0.25) is 0 Å². The topological polar surface area (TPSA) is 0 Å². The second-order valence-corrected chi connectivity index (χ2v) is 15.0. The van der Waals surface area contributed by atoms with Gasteiger partial charge in [-0.15, -0.1) is 5.56 Å². The molecule has 264 valence electrons. The Hall–Kier alpha value is -2.86. The molecule has 1 aliphatic rings. The maximum absolute atomic E-state index is 13.0. The zero-order valence-corrected chi connectivity index (χ0v) is 32.6. The van der Waals surface area contributed by atoms with Crippen molar-refractivity contribution in [3.8, 4) is 11.1 Å². The van der Waals surface area contributed by atoms with Crippen molar-refractivity contribution in [3.63, 3.8) is 0 Å². The summed E-state index contributed by atoms with van der Waals surface area (Å²) in [5.41, 5.74) is 6.46. The zero-order chi connectivity index (χ0) is 35.5. The first-order valence-electron chi connectivity index (χ1n) is 15.6. The molecule has 0 atom stereocenters. The average molecular weight is 807 g/mol. The number of alkyl halides is 6. The van der Waals surface area contributed by atoms with Crippen molar-refractivity contribution < 1.29 is 75.4 Å².